The minimum absolute atomic E-state index is 0.191. The predicted octanol–water partition coefficient (Wildman–Crippen LogP) is 5.39. The van der Waals surface area contributed by atoms with Gasteiger partial charge >= 0.3 is 0 Å². The van der Waals surface area contributed by atoms with Crippen molar-refractivity contribution in [2.45, 2.75) is 34.3 Å². The molecule has 140 valence electrons. The molecular weight excluding hydrogens is 364 g/mol. The molecule has 0 saturated carbocycles. The number of ether oxygens (including phenoxy) is 1. The van der Waals surface area contributed by atoms with Crippen LogP contribution in [-0.2, 0) is 6.61 Å². The van der Waals surface area contributed by atoms with Crippen LogP contribution in [0.1, 0.15) is 38.5 Å². The van der Waals surface area contributed by atoms with E-state index in [0.717, 1.165) is 22.4 Å². The zero-order valence-corrected chi connectivity index (χ0v) is 16.5. The van der Waals surface area contributed by atoms with Gasteiger partial charge in [-0.3, -0.25) is 4.79 Å². The lowest BCUT2D eigenvalue weighted by molar-refractivity contribution is 0.101. The Hall–Kier alpha value is -2.79. The van der Waals surface area contributed by atoms with Gasteiger partial charge in [0.2, 0.25) is 0 Å². The number of carbonyl (C=O) groups excluding carboxylic acids is 1. The van der Waals surface area contributed by atoms with E-state index in [1.165, 1.54) is 0 Å². The standard InChI is InChI=1S/C21H21ClN2O3/c1-12-8-9-19(13(2)10-12)26-11-16-15(4)27-24-20(16)21(25)23-18-7-5-6-17(22)14(18)3/h5-10H,11H2,1-4H3,(H,23,25). The van der Waals surface area contributed by atoms with Gasteiger partial charge in [-0.05, 0) is 57.0 Å². The third-order valence-corrected chi connectivity index (χ3v) is 4.83. The van der Waals surface area contributed by atoms with Crippen molar-refractivity contribution in [1.82, 2.24) is 5.16 Å². The highest BCUT2D eigenvalue weighted by molar-refractivity contribution is 6.31. The number of halogens is 1. The number of carbonyl (C=O) groups is 1. The van der Waals surface area contributed by atoms with Crippen LogP contribution >= 0.6 is 11.6 Å². The van der Waals surface area contributed by atoms with Gasteiger partial charge < -0.3 is 14.6 Å². The van der Waals surface area contributed by atoms with Crippen molar-refractivity contribution in [3.05, 3.63) is 75.1 Å². The Morgan fingerprint density at radius 1 is 1.19 bits per heavy atom. The first kappa shape index (κ1) is 19.0. The van der Waals surface area contributed by atoms with E-state index in [1.54, 1.807) is 25.1 Å². The van der Waals surface area contributed by atoms with Gasteiger partial charge in [0, 0.05) is 10.7 Å². The lowest BCUT2D eigenvalue weighted by Gasteiger charge is -2.11. The van der Waals surface area contributed by atoms with Gasteiger partial charge in [0.05, 0.1) is 5.56 Å². The van der Waals surface area contributed by atoms with E-state index in [2.05, 4.69) is 10.5 Å². The van der Waals surface area contributed by atoms with Crippen molar-refractivity contribution in [3.63, 3.8) is 0 Å². The van der Waals surface area contributed by atoms with Gasteiger partial charge in [-0.15, -0.1) is 0 Å². The Labute approximate surface area is 163 Å². The number of nitrogens with zero attached hydrogens (tertiary/aromatic N) is 1. The first-order chi connectivity index (χ1) is 12.9. The molecule has 1 N–H and O–H groups in total. The summed E-state index contributed by atoms with van der Waals surface area (Å²) < 4.78 is 11.1. The molecule has 1 heterocycles. The van der Waals surface area contributed by atoms with E-state index in [0.29, 0.717) is 22.0 Å². The van der Waals surface area contributed by atoms with Crippen LogP contribution in [0.2, 0.25) is 5.02 Å². The highest BCUT2D eigenvalue weighted by atomic mass is 35.5. The Morgan fingerprint density at radius 2 is 1.96 bits per heavy atom. The van der Waals surface area contributed by atoms with Crippen LogP contribution in [0.5, 0.6) is 5.75 Å². The first-order valence-corrected chi connectivity index (χ1v) is 8.96. The zero-order valence-electron chi connectivity index (χ0n) is 15.7. The van der Waals surface area contributed by atoms with Crippen LogP contribution in [-0.4, -0.2) is 11.1 Å². The zero-order chi connectivity index (χ0) is 19.6. The van der Waals surface area contributed by atoms with Crippen molar-refractivity contribution in [1.29, 1.82) is 0 Å². The van der Waals surface area contributed by atoms with E-state index in [4.69, 9.17) is 20.9 Å². The molecule has 27 heavy (non-hydrogen) atoms. The molecule has 1 amide bonds. The van der Waals surface area contributed by atoms with Gasteiger partial charge in [-0.25, -0.2) is 0 Å². The number of nitrogens with one attached hydrogen (secondary N) is 1. The summed E-state index contributed by atoms with van der Waals surface area (Å²) in [5.41, 5.74) is 4.45. The highest BCUT2D eigenvalue weighted by Gasteiger charge is 2.21. The molecular formula is C21H21ClN2O3. The third-order valence-electron chi connectivity index (χ3n) is 4.42. The van der Waals surface area contributed by atoms with Crippen LogP contribution in [0.25, 0.3) is 0 Å². The molecule has 0 bridgehead atoms. The van der Waals surface area contributed by atoms with Crippen LogP contribution < -0.4 is 10.1 Å². The van der Waals surface area contributed by atoms with Gasteiger partial charge in [0.1, 0.15) is 18.1 Å². The fourth-order valence-corrected chi connectivity index (χ4v) is 2.95. The summed E-state index contributed by atoms with van der Waals surface area (Å²) in [7, 11) is 0. The Balaban J connectivity index is 1.79. The molecule has 3 rings (SSSR count). The minimum Gasteiger partial charge on any atom is -0.488 e. The van der Waals surface area contributed by atoms with Gasteiger partial charge in [0.15, 0.2) is 5.69 Å². The van der Waals surface area contributed by atoms with E-state index in [9.17, 15) is 4.79 Å². The minimum atomic E-state index is -0.364. The second-order valence-corrected chi connectivity index (χ2v) is 6.90. The van der Waals surface area contributed by atoms with E-state index in [-0.39, 0.29) is 18.2 Å². The molecule has 0 radical (unpaired) electrons. The number of anilines is 1. The number of hydrogen-bond donors (Lipinski definition) is 1. The molecule has 1 aromatic heterocycles. The maximum Gasteiger partial charge on any atom is 0.278 e. The molecule has 0 aliphatic rings. The number of rotatable bonds is 5. The Morgan fingerprint density at radius 3 is 2.70 bits per heavy atom. The van der Waals surface area contributed by atoms with Crippen molar-refractivity contribution in [2.24, 2.45) is 0 Å². The average molecular weight is 385 g/mol. The monoisotopic (exact) mass is 384 g/mol. The summed E-state index contributed by atoms with van der Waals surface area (Å²) in [5.74, 6) is 0.947. The first-order valence-electron chi connectivity index (χ1n) is 8.58. The molecule has 0 atom stereocenters. The molecule has 0 fully saturated rings. The van der Waals surface area contributed by atoms with Crippen LogP contribution in [0.3, 0.4) is 0 Å². The molecule has 2 aromatic carbocycles. The fourth-order valence-electron chi connectivity index (χ4n) is 2.78. The maximum absolute atomic E-state index is 12.7. The Kier molecular flexibility index (Phi) is 5.51. The number of amides is 1. The second kappa shape index (κ2) is 7.84. The molecule has 0 spiro atoms. The van der Waals surface area contributed by atoms with Crippen LogP contribution in [0, 0.1) is 27.7 Å². The largest absolute Gasteiger partial charge is 0.488 e. The second-order valence-electron chi connectivity index (χ2n) is 6.49. The summed E-state index contributed by atoms with van der Waals surface area (Å²) in [6.07, 6.45) is 0. The topological polar surface area (TPSA) is 64.4 Å². The Bertz CT molecular complexity index is 995. The molecule has 0 aliphatic carbocycles. The average Bonchev–Trinajstić information content (AvgIpc) is 2.99. The van der Waals surface area contributed by atoms with Crippen LogP contribution in [0.15, 0.2) is 40.9 Å². The third kappa shape index (κ3) is 4.14. The highest BCUT2D eigenvalue weighted by Crippen LogP contribution is 2.25. The summed E-state index contributed by atoms with van der Waals surface area (Å²) in [4.78, 5) is 12.7. The predicted molar refractivity (Wildman–Crippen MR) is 106 cm³/mol. The molecule has 6 heteroatoms. The van der Waals surface area contributed by atoms with Gasteiger partial charge in [0.25, 0.3) is 5.91 Å². The van der Waals surface area contributed by atoms with E-state index in [1.807, 2.05) is 39.0 Å². The van der Waals surface area contributed by atoms with Crippen molar-refractivity contribution < 1.29 is 14.1 Å². The molecule has 0 unspecified atom stereocenters. The summed E-state index contributed by atoms with van der Waals surface area (Å²) >= 11 is 6.12. The molecule has 0 aliphatic heterocycles. The lowest BCUT2D eigenvalue weighted by Crippen LogP contribution is -2.16. The number of hydrogen-bond acceptors (Lipinski definition) is 4. The van der Waals surface area contributed by atoms with E-state index < -0.39 is 0 Å². The van der Waals surface area contributed by atoms with Crippen molar-refractivity contribution >= 4 is 23.2 Å². The van der Waals surface area contributed by atoms with Gasteiger partial charge in [-0.2, -0.15) is 0 Å². The van der Waals surface area contributed by atoms with Crippen molar-refractivity contribution in [3.8, 4) is 5.75 Å². The number of aryl methyl sites for hydroxylation is 3. The summed E-state index contributed by atoms with van der Waals surface area (Å²) in [6, 6.07) is 11.3. The quantitative estimate of drug-likeness (QED) is 0.640. The molecule has 0 saturated heterocycles. The lowest BCUT2D eigenvalue weighted by atomic mass is 10.1. The fraction of sp³-hybridized carbons (Fsp3) is 0.238. The summed E-state index contributed by atoms with van der Waals surface area (Å²) in [6.45, 7) is 7.81. The normalized spacial score (nSPS) is 10.7. The molecule has 3 aromatic rings. The number of aromatic nitrogens is 1. The van der Waals surface area contributed by atoms with E-state index >= 15 is 0 Å². The number of benzene rings is 2. The molecule has 5 nitrogen and oxygen atoms in total. The maximum atomic E-state index is 12.7. The van der Waals surface area contributed by atoms with Crippen molar-refractivity contribution in [2.75, 3.05) is 5.32 Å². The SMILES string of the molecule is Cc1ccc(OCc2c(C(=O)Nc3cccc(Cl)c3C)noc2C)c(C)c1. The van der Waals surface area contributed by atoms with Crippen LogP contribution in [0.4, 0.5) is 5.69 Å². The summed E-state index contributed by atoms with van der Waals surface area (Å²) in [5, 5.41) is 7.34. The van der Waals surface area contributed by atoms with Gasteiger partial charge in [-0.1, -0.05) is 40.5 Å². The smallest absolute Gasteiger partial charge is 0.278 e.